The number of nitrogen functional groups attached to an aromatic ring is 1. The minimum absolute atomic E-state index is 0.000221. The molecule has 6 nitrogen and oxygen atoms in total. The van der Waals surface area contributed by atoms with Gasteiger partial charge in [-0.25, -0.2) is 4.79 Å². The van der Waals surface area contributed by atoms with Crippen molar-refractivity contribution in [2.75, 3.05) is 5.73 Å². The second kappa shape index (κ2) is 5.94. The van der Waals surface area contributed by atoms with Crippen LogP contribution < -0.4 is 17.0 Å². The van der Waals surface area contributed by atoms with Crippen molar-refractivity contribution < 1.29 is 4.79 Å². The third-order valence-electron chi connectivity index (χ3n) is 7.87. The Labute approximate surface area is 169 Å². The summed E-state index contributed by atoms with van der Waals surface area (Å²) in [6.45, 7) is 0. The first-order valence-electron chi connectivity index (χ1n) is 10.4. The van der Waals surface area contributed by atoms with Crippen LogP contribution in [0.1, 0.15) is 54.4 Å². The van der Waals surface area contributed by atoms with Crippen LogP contribution >= 0.6 is 0 Å². The summed E-state index contributed by atoms with van der Waals surface area (Å²) in [6.07, 6.45) is 5.81. The maximum absolute atomic E-state index is 13.9. The first-order valence-corrected chi connectivity index (χ1v) is 10.4. The molecule has 6 rings (SSSR count). The molecule has 2 unspecified atom stereocenters. The fourth-order valence-electron chi connectivity index (χ4n) is 7.00. The van der Waals surface area contributed by atoms with Gasteiger partial charge in [0.05, 0.1) is 0 Å². The first-order chi connectivity index (χ1) is 13.8. The van der Waals surface area contributed by atoms with Gasteiger partial charge in [0.2, 0.25) is 0 Å². The Balaban J connectivity index is 1.65. The number of nitrogens with two attached hydrogens (primary N) is 1. The van der Waals surface area contributed by atoms with Crippen molar-refractivity contribution in [3.8, 4) is 0 Å². The number of anilines is 1. The third-order valence-corrected chi connectivity index (χ3v) is 7.87. The number of nitrogens with zero attached hydrogens (tertiary/aromatic N) is 2. The molecule has 4 aliphatic carbocycles. The smallest absolute Gasteiger partial charge is 0.332 e. The van der Waals surface area contributed by atoms with Crippen LogP contribution in [0.4, 0.5) is 5.82 Å². The maximum Gasteiger partial charge on any atom is 0.332 e. The highest BCUT2D eigenvalue weighted by molar-refractivity contribution is 6.04. The zero-order valence-corrected chi connectivity index (χ0v) is 17.0. The number of carbonyl (C=O) groups is 1. The summed E-state index contributed by atoms with van der Waals surface area (Å²) in [5.74, 6) is 0.837. The maximum atomic E-state index is 13.9. The van der Waals surface area contributed by atoms with Crippen molar-refractivity contribution in [2.45, 2.75) is 43.9 Å². The molecule has 1 heterocycles. The molecule has 152 valence electrons. The van der Waals surface area contributed by atoms with E-state index in [0.29, 0.717) is 11.8 Å². The fourth-order valence-corrected chi connectivity index (χ4v) is 7.00. The Hall–Kier alpha value is -2.63. The van der Waals surface area contributed by atoms with Crippen molar-refractivity contribution in [1.82, 2.24) is 9.13 Å². The summed E-state index contributed by atoms with van der Waals surface area (Å²) in [7, 11) is 2.92. The summed E-state index contributed by atoms with van der Waals surface area (Å²) in [5, 5.41) is 0. The summed E-state index contributed by atoms with van der Waals surface area (Å²) < 4.78 is 2.21. The van der Waals surface area contributed by atoms with Gasteiger partial charge in [0.25, 0.3) is 5.56 Å². The average Bonchev–Trinajstić information content (AvgIpc) is 2.70. The molecule has 2 N–H and O–H groups in total. The van der Waals surface area contributed by atoms with Crippen LogP contribution in [0.15, 0.2) is 39.9 Å². The second-order valence-corrected chi connectivity index (χ2v) is 9.68. The zero-order chi connectivity index (χ0) is 20.6. The van der Waals surface area contributed by atoms with Crippen LogP contribution in [0.3, 0.4) is 0 Å². The largest absolute Gasteiger partial charge is 0.384 e. The molecule has 1 aromatic heterocycles. The van der Waals surface area contributed by atoms with Crippen molar-refractivity contribution in [3.63, 3.8) is 0 Å². The average molecular weight is 393 g/mol. The minimum atomic E-state index is -0.569. The van der Waals surface area contributed by atoms with E-state index in [-0.39, 0.29) is 22.6 Å². The van der Waals surface area contributed by atoms with E-state index in [1.54, 1.807) is 0 Å². The molecule has 4 saturated carbocycles. The molecule has 2 aromatic rings. The highest BCUT2D eigenvalue weighted by atomic mass is 16.2. The summed E-state index contributed by atoms with van der Waals surface area (Å²) in [4.78, 5) is 39.0. The molecule has 4 bridgehead atoms. The zero-order valence-electron chi connectivity index (χ0n) is 17.0. The van der Waals surface area contributed by atoms with Gasteiger partial charge < -0.3 is 5.73 Å². The quantitative estimate of drug-likeness (QED) is 0.811. The van der Waals surface area contributed by atoms with Crippen LogP contribution in [0.2, 0.25) is 0 Å². The van der Waals surface area contributed by atoms with Crippen molar-refractivity contribution in [3.05, 3.63) is 62.3 Å². The third kappa shape index (κ3) is 2.44. The first kappa shape index (κ1) is 18.4. The van der Waals surface area contributed by atoms with E-state index in [2.05, 4.69) is 24.3 Å². The van der Waals surface area contributed by atoms with E-state index in [1.165, 1.54) is 30.6 Å². The predicted octanol–water partition coefficient (Wildman–Crippen LogP) is 2.39. The summed E-state index contributed by atoms with van der Waals surface area (Å²) in [5.41, 5.74) is 5.83. The summed E-state index contributed by atoms with van der Waals surface area (Å²) in [6, 6.07) is 10.5. The molecular weight excluding hydrogens is 366 g/mol. The van der Waals surface area contributed by atoms with Crippen LogP contribution in [0.5, 0.6) is 0 Å². The lowest BCUT2D eigenvalue weighted by molar-refractivity contribution is -0.0536. The Morgan fingerprint density at radius 3 is 2.24 bits per heavy atom. The van der Waals surface area contributed by atoms with Crippen molar-refractivity contribution >= 4 is 11.6 Å². The highest BCUT2D eigenvalue weighted by Crippen LogP contribution is 2.66. The van der Waals surface area contributed by atoms with E-state index in [0.717, 1.165) is 36.7 Å². The van der Waals surface area contributed by atoms with Gasteiger partial charge in [0.15, 0.2) is 5.78 Å². The van der Waals surface area contributed by atoms with Crippen LogP contribution in [-0.2, 0) is 19.5 Å². The van der Waals surface area contributed by atoms with Gasteiger partial charge in [-0.2, -0.15) is 0 Å². The van der Waals surface area contributed by atoms with Gasteiger partial charge in [-0.1, -0.05) is 30.3 Å². The molecule has 0 saturated heterocycles. The number of hydrogen-bond acceptors (Lipinski definition) is 4. The van der Waals surface area contributed by atoms with E-state index >= 15 is 0 Å². The van der Waals surface area contributed by atoms with Gasteiger partial charge in [0, 0.05) is 19.5 Å². The lowest BCUT2D eigenvalue weighted by Gasteiger charge is -2.61. The molecule has 4 fully saturated rings. The van der Waals surface area contributed by atoms with E-state index in [1.807, 2.05) is 6.07 Å². The fraction of sp³-hybridized carbons (Fsp3) is 0.522. The summed E-state index contributed by atoms with van der Waals surface area (Å²) >= 11 is 0. The molecule has 0 radical (unpaired) electrons. The van der Waals surface area contributed by atoms with Crippen LogP contribution in [0.25, 0.3) is 0 Å². The van der Waals surface area contributed by atoms with E-state index in [4.69, 9.17) is 5.73 Å². The van der Waals surface area contributed by atoms with E-state index < -0.39 is 16.7 Å². The number of Topliss-reactive ketones (excluding diaryl/α,β-unsaturated/α-hetero) is 1. The second-order valence-electron chi connectivity index (χ2n) is 9.68. The SMILES string of the molecule is Cn1c(N)c(C(=O)C23CC4CC(C2)CC(c2ccccc2)(C4)C3)c(=O)n(C)c1=O. The minimum Gasteiger partial charge on any atom is -0.384 e. The Kier molecular flexibility index (Phi) is 3.77. The molecule has 0 spiro atoms. The topological polar surface area (TPSA) is 87.1 Å². The molecule has 6 heteroatoms. The molecule has 0 amide bonds. The molecule has 4 aliphatic rings. The number of aromatic nitrogens is 2. The van der Waals surface area contributed by atoms with Crippen molar-refractivity contribution in [2.24, 2.45) is 31.3 Å². The van der Waals surface area contributed by atoms with Gasteiger partial charge in [-0.05, 0) is 61.3 Å². The molecule has 2 atom stereocenters. The predicted molar refractivity (Wildman–Crippen MR) is 111 cm³/mol. The number of benzene rings is 1. The molecule has 29 heavy (non-hydrogen) atoms. The number of rotatable bonds is 3. The normalized spacial score (nSPS) is 32.5. The number of ketones is 1. The van der Waals surface area contributed by atoms with Gasteiger partial charge >= 0.3 is 5.69 Å². The Morgan fingerprint density at radius 2 is 1.62 bits per heavy atom. The molecular formula is C23H27N3O3. The lowest BCUT2D eigenvalue weighted by Crippen LogP contribution is -2.57. The Morgan fingerprint density at radius 1 is 1.00 bits per heavy atom. The van der Waals surface area contributed by atoms with Crippen LogP contribution in [0, 0.1) is 17.3 Å². The van der Waals surface area contributed by atoms with E-state index in [9.17, 15) is 14.4 Å². The van der Waals surface area contributed by atoms with Gasteiger partial charge in [-0.15, -0.1) is 0 Å². The number of carbonyl (C=O) groups excluding carboxylic acids is 1. The van der Waals surface area contributed by atoms with Crippen molar-refractivity contribution in [1.29, 1.82) is 0 Å². The van der Waals surface area contributed by atoms with Gasteiger partial charge in [0.1, 0.15) is 11.4 Å². The molecule has 0 aliphatic heterocycles. The molecule has 1 aromatic carbocycles. The van der Waals surface area contributed by atoms with Gasteiger partial charge in [-0.3, -0.25) is 18.7 Å². The lowest BCUT2D eigenvalue weighted by atomic mass is 9.42. The highest BCUT2D eigenvalue weighted by Gasteiger charge is 2.61. The number of hydrogen-bond donors (Lipinski definition) is 1. The van der Waals surface area contributed by atoms with Crippen LogP contribution in [-0.4, -0.2) is 14.9 Å². The monoisotopic (exact) mass is 393 g/mol. The Bertz CT molecular complexity index is 1110. The standard InChI is InChI=1S/C23H27N3O3/c1-25-19(24)17(20(28)26(2)21(25)29)18(27)23-11-14-8-15(12-23)10-22(9-14,13-23)16-6-4-3-5-7-16/h3-7,14-15H,8-13,24H2,1-2H3.